The van der Waals surface area contributed by atoms with Crippen LogP contribution in [0.2, 0.25) is 10.0 Å². The molecule has 1 atom stereocenters. The van der Waals surface area contributed by atoms with E-state index >= 15 is 0 Å². The number of ether oxygens (including phenoxy) is 1. The van der Waals surface area contributed by atoms with Crippen LogP contribution in [0.1, 0.15) is 18.5 Å². The van der Waals surface area contributed by atoms with E-state index in [2.05, 4.69) is 5.32 Å². The Hall–Kier alpha value is -1.45. The molecule has 2 aromatic carbocycles. The maximum absolute atomic E-state index is 13.2. The first-order valence-corrected chi connectivity index (χ1v) is 6.82. The van der Waals surface area contributed by atoms with Gasteiger partial charge in [0.25, 0.3) is 0 Å². The Kier molecular flexibility index (Phi) is 4.73. The zero-order valence-corrected chi connectivity index (χ0v) is 12.6. The molecule has 2 rings (SSSR count). The van der Waals surface area contributed by atoms with Crippen LogP contribution in [0.4, 0.5) is 10.1 Å². The van der Waals surface area contributed by atoms with Crippen LogP contribution in [-0.2, 0) is 0 Å². The maximum Gasteiger partial charge on any atom is 0.144 e. The van der Waals surface area contributed by atoms with E-state index in [0.29, 0.717) is 21.5 Å². The molecule has 0 bridgehead atoms. The number of halogens is 3. The third-order valence-electron chi connectivity index (χ3n) is 2.96. The molecule has 106 valence electrons. The van der Waals surface area contributed by atoms with Gasteiger partial charge in [0.15, 0.2) is 0 Å². The van der Waals surface area contributed by atoms with E-state index in [1.807, 2.05) is 6.92 Å². The van der Waals surface area contributed by atoms with Crippen LogP contribution in [-0.4, -0.2) is 7.11 Å². The summed E-state index contributed by atoms with van der Waals surface area (Å²) in [6.07, 6.45) is 0. The molecule has 0 heterocycles. The van der Waals surface area contributed by atoms with Gasteiger partial charge in [-0.3, -0.25) is 0 Å². The van der Waals surface area contributed by atoms with Gasteiger partial charge in [0.1, 0.15) is 11.6 Å². The highest BCUT2D eigenvalue weighted by Gasteiger charge is 2.13. The minimum Gasteiger partial charge on any atom is -0.494 e. The minimum absolute atomic E-state index is 0.0967. The Balaban J connectivity index is 2.27. The highest BCUT2D eigenvalue weighted by Crippen LogP contribution is 2.32. The molecule has 0 amide bonds. The first-order chi connectivity index (χ1) is 9.51. The van der Waals surface area contributed by atoms with Crippen molar-refractivity contribution in [2.75, 3.05) is 12.4 Å². The van der Waals surface area contributed by atoms with Crippen molar-refractivity contribution >= 4 is 28.9 Å². The third kappa shape index (κ3) is 3.35. The molecule has 20 heavy (non-hydrogen) atoms. The monoisotopic (exact) mass is 313 g/mol. The lowest BCUT2D eigenvalue weighted by atomic mass is 10.1. The van der Waals surface area contributed by atoms with Crippen molar-refractivity contribution < 1.29 is 9.13 Å². The number of hydrogen-bond acceptors (Lipinski definition) is 2. The second-order valence-corrected chi connectivity index (χ2v) is 5.22. The topological polar surface area (TPSA) is 21.3 Å². The number of methoxy groups -OCH3 is 1. The molecule has 0 saturated heterocycles. The molecular formula is C15H14Cl2FNO. The predicted molar refractivity (Wildman–Crippen MR) is 81.5 cm³/mol. The molecule has 0 aliphatic heterocycles. The van der Waals surface area contributed by atoms with E-state index in [4.69, 9.17) is 27.9 Å². The van der Waals surface area contributed by atoms with Gasteiger partial charge in [-0.15, -0.1) is 0 Å². The van der Waals surface area contributed by atoms with Crippen LogP contribution >= 0.6 is 23.2 Å². The highest BCUT2D eigenvalue weighted by molar-refractivity contribution is 6.33. The SMILES string of the molecule is COc1cc(F)ccc1NC(C)c1cc(Cl)ccc1Cl. The van der Waals surface area contributed by atoms with Crippen molar-refractivity contribution in [1.82, 2.24) is 0 Å². The molecule has 0 fully saturated rings. The summed E-state index contributed by atoms with van der Waals surface area (Å²) in [4.78, 5) is 0. The molecule has 5 heteroatoms. The second kappa shape index (κ2) is 6.33. The molecule has 1 unspecified atom stereocenters. The fourth-order valence-corrected chi connectivity index (χ4v) is 2.40. The number of benzene rings is 2. The van der Waals surface area contributed by atoms with E-state index < -0.39 is 0 Å². The molecule has 0 aliphatic carbocycles. The molecule has 0 radical (unpaired) electrons. The Bertz CT molecular complexity index is 619. The van der Waals surface area contributed by atoms with Gasteiger partial charge in [-0.25, -0.2) is 4.39 Å². The fourth-order valence-electron chi connectivity index (χ4n) is 1.94. The van der Waals surface area contributed by atoms with E-state index in [1.165, 1.54) is 19.2 Å². The Morgan fingerprint density at radius 1 is 1.15 bits per heavy atom. The van der Waals surface area contributed by atoms with Gasteiger partial charge in [-0.2, -0.15) is 0 Å². The first-order valence-electron chi connectivity index (χ1n) is 6.06. The summed E-state index contributed by atoms with van der Waals surface area (Å²) in [5.41, 5.74) is 1.56. The third-order valence-corrected chi connectivity index (χ3v) is 3.54. The molecule has 2 aromatic rings. The first kappa shape index (κ1) is 14.9. The number of nitrogens with one attached hydrogen (secondary N) is 1. The molecule has 0 spiro atoms. The zero-order valence-electron chi connectivity index (χ0n) is 11.1. The van der Waals surface area contributed by atoms with Gasteiger partial charge in [0.05, 0.1) is 18.8 Å². The summed E-state index contributed by atoms with van der Waals surface area (Å²) < 4.78 is 18.3. The van der Waals surface area contributed by atoms with Crippen molar-refractivity contribution in [3.05, 3.63) is 57.8 Å². The summed E-state index contributed by atoms with van der Waals surface area (Å²) in [6, 6.07) is 9.52. The van der Waals surface area contributed by atoms with Gasteiger partial charge in [0.2, 0.25) is 0 Å². The summed E-state index contributed by atoms with van der Waals surface area (Å²) in [6.45, 7) is 1.94. The summed E-state index contributed by atoms with van der Waals surface area (Å²) >= 11 is 12.1. The van der Waals surface area contributed by atoms with Crippen molar-refractivity contribution in [3.63, 3.8) is 0 Å². The van der Waals surface area contributed by atoms with Crippen LogP contribution < -0.4 is 10.1 Å². The summed E-state index contributed by atoms with van der Waals surface area (Å²) in [7, 11) is 1.50. The molecule has 2 nitrogen and oxygen atoms in total. The predicted octanol–water partition coefficient (Wildman–Crippen LogP) is 5.31. The van der Waals surface area contributed by atoms with Crippen LogP contribution in [0.15, 0.2) is 36.4 Å². The van der Waals surface area contributed by atoms with Crippen molar-refractivity contribution in [2.24, 2.45) is 0 Å². The average Bonchev–Trinajstić information content (AvgIpc) is 2.43. The van der Waals surface area contributed by atoms with Gasteiger partial charge in [0, 0.05) is 16.1 Å². The van der Waals surface area contributed by atoms with Gasteiger partial charge in [-0.1, -0.05) is 23.2 Å². The van der Waals surface area contributed by atoms with Crippen molar-refractivity contribution in [3.8, 4) is 5.75 Å². The maximum atomic E-state index is 13.2. The second-order valence-electron chi connectivity index (χ2n) is 4.38. The van der Waals surface area contributed by atoms with E-state index in [-0.39, 0.29) is 11.9 Å². The smallest absolute Gasteiger partial charge is 0.144 e. The van der Waals surface area contributed by atoms with Gasteiger partial charge >= 0.3 is 0 Å². The van der Waals surface area contributed by atoms with Crippen LogP contribution in [0.5, 0.6) is 5.75 Å². The van der Waals surface area contributed by atoms with Crippen molar-refractivity contribution in [2.45, 2.75) is 13.0 Å². The number of hydrogen-bond donors (Lipinski definition) is 1. The molecule has 1 N–H and O–H groups in total. The lowest BCUT2D eigenvalue weighted by Gasteiger charge is -2.19. The lowest BCUT2D eigenvalue weighted by Crippen LogP contribution is -2.08. The van der Waals surface area contributed by atoms with E-state index in [0.717, 1.165) is 5.56 Å². The average molecular weight is 314 g/mol. The fraction of sp³-hybridized carbons (Fsp3) is 0.200. The van der Waals surface area contributed by atoms with Crippen LogP contribution in [0.25, 0.3) is 0 Å². The largest absolute Gasteiger partial charge is 0.494 e. The molecular weight excluding hydrogens is 300 g/mol. The number of rotatable bonds is 4. The zero-order chi connectivity index (χ0) is 14.7. The lowest BCUT2D eigenvalue weighted by molar-refractivity contribution is 0.412. The Morgan fingerprint density at radius 3 is 2.60 bits per heavy atom. The Labute approximate surface area is 127 Å². The van der Waals surface area contributed by atoms with Crippen LogP contribution in [0, 0.1) is 5.82 Å². The normalized spacial score (nSPS) is 12.1. The Morgan fingerprint density at radius 2 is 1.90 bits per heavy atom. The summed E-state index contributed by atoms with van der Waals surface area (Å²) in [5, 5.41) is 4.47. The molecule has 0 aromatic heterocycles. The quantitative estimate of drug-likeness (QED) is 0.825. The number of anilines is 1. The molecule has 0 saturated carbocycles. The van der Waals surface area contributed by atoms with Crippen LogP contribution in [0.3, 0.4) is 0 Å². The highest BCUT2D eigenvalue weighted by atomic mass is 35.5. The standard InChI is InChI=1S/C15H14Cl2FNO/c1-9(12-7-10(16)3-5-13(12)17)19-14-6-4-11(18)8-15(14)20-2/h3-9,19H,1-2H3. The van der Waals surface area contributed by atoms with Gasteiger partial charge in [-0.05, 0) is 42.8 Å². The summed E-state index contributed by atoms with van der Waals surface area (Å²) in [5.74, 6) is 0.0934. The van der Waals surface area contributed by atoms with Crippen molar-refractivity contribution in [1.29, 1.82) is 0 Å². The minimum atomic E-state index is -0.346. The molecule has 0 aliphatic rings. The van der Waals surface area contributed by atoms with E-state index in [1.54, 1.807) is 24.3 Å². The van der Waals surface area contributed by atoms with E-state index in [9.17, 15) is 4.39 Å². The van der Waals surface area contributed by atoms with Gasteiger partial charge < -0.3 is 10.1 Å².